The van der Waals surface area contributed by atoms with Crippen molar-refractivity contribution >= 4 is 16.9 Å². The first kappa shape index (κ1) is 21.4. The third kappa shape index (κ3) is 2.95. The number of aryl methyl sites for hydroxylation is 1. The number of nitrogens with two attached hydrogens (primary N) is 1. The van der Waals surface area contributed by atoms with Gasteiger partial charge in [0, 0.05) is 42.4 Å². The molecular weight excluding hydrogens is 464 g/mol. The van der Waals surface area contributed by atoms with Gasteiger partial charge in [0.2, 0.25) is 0 Å². The topological polar surface area (TPSA) is 86.3 Å². The van der Waals surface area contributed by atoms with Crippen LogP contribution < -0.4 is 10.5 Å². The maximum Gasteiger partial charge on any atom is 0.387 e. The molecule has 0 saturated carbocycles. The van der Waals surface area contributed by atoms with E-state index in [0.29, 0.717) is 17.5 Å². The van der Waals surface area contributed by atoms with Crippen molar-refractivity contribution in [1.82, 2.24) is 19.4 Å². The van der Waals surface area contributed by atoms with E-state index in [1.54, 1.807) is 24.1 Å². The van der Waals surface area contributed by atoms with Gasteiger partial charge < -0.3 is 19.9 Å². The van der Waals surface area contributed by atoms with E-state index in [1.165, 1.54) is 11.6 Å². The number of rotatable bonds is 3. The van der Waals surface area contributed by atoms with Gasteiger partial charge in [0.1, 0.15) is 11.6 Å². The minimum atomic E-state index is -2.99. The Balaban J connectivity index is 1.42. The Labute approximate surface area is 205 Å². The summed E-state index contributed by atoms with van der Waals surface area (Å²) in [6, 6.07) is 12.3. The van der Waals surface area contributed by atoms with Crippen LogP contribution in [0.2, 0.25) is 0 Å². The van der Waals surface area contributed by atoms with E-state index in [4.69, 9.17) is 15.5 Å². The molecule has 2 aromatic heterocycles. The number of alkyl halides is 2. The number of hydrogen-bond donors (Lipinski definition) is 1. The lowest BCUT2D eigenvalue weighted by molar-refractivity contribution is -0.0507. The van der Waals surface area contributed by atoms with Crippen molar-refractivity contribution in [2.75, 3.05) is 7.05 Å². The second-order valence-electron chi connectivity index (χ2n) is 9.74. The van der Waals surface area contributed by atoms with Gasteiger partial charge in [-0.05, 0) is 54.3 Å². The molecule has 182 valence electrons. The van der Waals surface area contributed by atoms with Gasteiger partial charge in [-0.1, -0.05) is 12.1 Å². The van der Waals surface area contributed by atoms with Crippen LogP contribution in [-0.4, -0.2) is 39.0 Å². The molecule has 7 rings (SSSR count). The second kappa shape index (κ2) is 7.57. The molecule has 9 heteroatoms. The molecule has 2 aromatic carbocycles. The molecule has 0 fully saturated rings. The second-order valence-corrected chi connectivity index (χ2v) is 9.74. The number of amides is 1. The minimum absolute atomic E-state index is 0.0118. The Kier molecular flexibility index (Phi) is 4.51. The van der Waals surface area contributed by atoms with Gasteiger partial charge in [-0.15, -0.1) is 0 Å². The predicted molar refractivity (Wildman–Crippen MR) is 129 cm³/mol. The summed E-state index contributed by atoms with van der Waals surface area (Å²) < 4.78 is 33.6. The summed E-state index contributed by atoms with van der Waals surface area (Å²) in [4.78, 5) is 24.4. The van der Waals surface area contributed by atoms with Crippen molar-refractivity contribution in [3.63, 3.8) is 0 Å². The van der Waals surface area contributed by atoms with Gasteiger partial charge in [0.15, 0.2) is 0 Å². The molecule has 3 atom stereocenters. The number of fused-ring (bicyclic) bond motifs is 10. The number of hydrogen-bond acceptors (Lipinski definition) is 5. The Morgan fingerprint density at radius 3 is 2.83 bits per heavy atom. The summed E-state index contributed by atoms with van der Waals surface area (Å²) in [5, 5.41) is 0. The molecule has 1 aliphatic carbocycles. The fraction of sp³-hybridized carbons (Fsp3) is 0.296. The first-order chi connectivity index (χ1) is 17.4. The third-order valence-corrected chi connectivity index (χ3v) is 7.82. The number of imidazole rings is 1. The molecule has 4 heterocycles. The number of ether oxygens (including phenoxy) is 1. The average Bonchev–Trinajstić information content (AvgIpc) is 3.52. The maximum atomic E-state index is 13.3. The standard InChI is InChI=1S/C27H23F2N5O2/c1-33-21-11-20(23-16(26(33)35)3-2-4-22(23)36-27(28)29)34-19-10-13(6-8-18(19)32-25(21)34)15-9-14-5-7-17(30)24(14)31-12-15/h2-4,6,8-10,12,17,20-21,27H,5,7,11,30H2,1H3/t17?,20-,21-/m1/s1. The highest BCUT2D eigenvalue weighted by atomic mass is 19.3. The summed E-state index contributed by atoms with van der Waals surface area (Å²) in [5.41, 5.74) is 12.8. The van der Waals surface area contributed by atoms with E-state index in [0.717, 1.165) is 46.5 Å². The smallest absolute Gasteiger partial charge is 0.387 e. The van der Waals surface area contributed by atoms with Crippen LogP contribution in [-0.2, 0) is 6.42 Å². The van der Waals surface area contributed by atoms with E-state index in [1.807, 2.05) is 18.3 Å². The fourth-order valence-corrected chi connectivity index (χ4v) is 6.12. The number of carbonyl (C=O) groups is 1. The van der Waals surface area contributed by atoms with Crippen LogP contribution in [0, 0.1) is 0 Å². The molecule has 1 amide bonds. The van der Waals surface area contributed by atoms with E-state index < -0.39 is 6.61 Å². The highest BCUT2D eigenvalue weighted by Crippen LogP contribution is 2.50. The average molecular weight is 488 g/mol. The van der Waals surface area contributed by atoms with Crippen LogP contribution in [0.15, 0.2) is 48.7 Å². The quantitative estimate of drug-likeness (QED) is 0.450. The van der Waals surface area contributed by atoms with Crippen LogP contribution in [0.25, 0.3) is 22.2 Å². The van der Waals surface area contributed by atoms with Gasteiger partial charge in [-0.3, -0.25) is 9.78 Å². The van der Waals surface area contributed by atoms with Gasteiger partial charge in [0.05, 0.1) is 28.8 Å². The van der Waals surface area contributed by atoms with Crippen molar-refractivity contribution in [3.8, 4) is 16.9 Å². The summed E-state index contributed by atoms with van der Waals surface area (Å²) in [7, 11) is 1.74. The monoisotopic (exact) mass is 487 g/mol. The highest BCUT2D eigenvalue weighted by Gasteiger charge is 2.45. The van der Waals surface area contributed by atoms with Crippen LogP contribution in [0.1, 0.15) is 64.0 Å². The highest BCUT2D eigenvalue weighted by molar-refractivity contribution is 5.98. The first-order valence-electron chi connectivity index (χ1n) is 12.0. The lowest BCUT2D eigenvalue weighted by Crippen LogP contribution is -2.30. The number of pyridine rings is 1. The lowest BCUT2D eigenvalue weighted by Gasteiger charge is -2.24. The Hall–Kier alpha value is -3.85. The zero-order valence-electron chi connectivity index (χ0n) is 19.5. The molecule has 0 spiro atoms. The van der Waals surface area contributed by atoms with Gasteiger partial charge >= 0.3 is 6.61 Å². The predicted octanol–water partition coefficient (Wildman–Crippen LogP) is 4.77. The van der Waals surface area contributed by atoms with E-state index in [9.17, 15) is 13.6 Å². The van der Waals surface area contributed by atoms with Crippen LogP contribution in [0.4, 0.5) is 8.78 Å². The van der Waals surface area contributed by atoms with Gasteiger partial charge in [-0.2, -0.15) is 8.78 Å². The van der Waals surface area contributed by atoms with Crippen molar-refractivity contribution in [2.45, 2.75) is 44.0 Å². The molecule has 7 nitrogen and oxygen atoms in total. The maximum absolute atomic E-state index is 13.3. The SMILES string of the molecule is CN1C(=O)c2cccc(OC(F)F)c2[C@H]2C[C@@H]1c1nc3ccc(-c4cnc5c(c4)CCC5N)cc3n12. The molecular formula is C27H23F2N5O2. The number of halogens is 2. The Morgan fingerprint density at radius 2 is 2.00 bits per heavy atom. The molecule has 4 aromatic rings. The van der Waals surface area contributed by atoms with Crippen LogP contribution in [0.5, 0.6) is 5.75 Å². The van der Waals surface area contributed by atoms with Crippen LogP contribution >= 0.6 is 0 Å². The fourth-order valence-electron chi connectivity index (χ4n) is 6.12. The molecule has 2 aliphatic heterocycles. The first-order valence-corrected chi connectivity index (χ1v) is 12.0. The van der Waals surface area contributed by atoms with E-state index in [-0.39, 0.29) is 29.8 Å². The largest absolute Gasteiger partial charge is 0.434 e. The van der Waals surface area contributed by atoms with Crippen molar-refractivity contribution in [2.24, 2.45) is 5.73 Å². The molecule has 2 N–H and O–H groups in total. The van der Waals surface area contributed by atoms with Crippen molar-refractivity contribution in [3.05, 3.63) is 76.9 Å². The normalized spacial score (nSPS) is 22.1. The number of carbonyl (C=O) groups excluding carboxylic acids is 1. The van der Waals surface area contributed by atoms with E-state index in [2.05, 4.69) is 21.7 Å². The summed E-state index contributed by atoms with van der Waals surface area (Å²) in [5.74, 6) is 0.553. The zero-order chi connectivity index (χ0) is 24.7. The number of aromatic nitrogens is 3. The van der Waals surface area contributed by atoms with Crippen LogP contribution in [0.3, 0.4) is 0 Å². The molecule has 3 aliphatic rings. The van der Waals surface area contributed by atoms with Crippen molar-refractivity contribution < 1.29 is 18.3 Å². The Bertz CT molecular complexity index is 1570. The third-order valence-electron chi connectivity index (χ3n) is 7.82. The molecule has 1 unspecified atom stereocenters. The Morgan fingerprint density at radius 1 is 1.14 bits per heavy atom. The molecule has 0 saturated heterocycles. The summed E-state index contributed by atoms with van der Waals surface area (Å²) in [6.45, 7) is -2.99. The summed E-state index contributed by atoms with van der Waals surface area (Å²) in [6.07, 6.45) is 4.21. The molecule has 0 radical (unpaired) electrons. The minimum Gasteiger partial charge on any atom is -0.434 e. The molecule has 2 bridgehead atoms. The van der Waals surface area contributed by atoms with E-state index >= 15 is 0 Å². The van der Waals surface area contributed by atoms with Gasteiger partial charge in [0.25, 0.3) is 5.91 Å². The number of nitrogens with zero attached hydrogens (tertiary/aromatic N) is 4. The molecule has 36 heavy (non-hydrogen) atoms. The number of benzene rings is 2. The lowest BCUT2D eigenvalue weighted by atomic mass is 9.97. The van der Waals surface area contributed by atoms with Crippen molar-refractivity contribution in [1.29, 1.82) is 0 Å². The summed E-state index contributed by atoms with van der Waals surface area (Å²) >= 11 is 0. The van der Waals surface area contributed by atoms with Gasteiger partial charge in [-0.25, -0.2) is 4.98 Å². The zero-order valence-corrected chi connectivity index (χ0v) is 19.5.